The highest BCUT2D eigenvalue weighted by Crippen LogP contribution is 2.20. The van der Waals surface area contributed by atoms with Gasteiger partial charge in [-0.1, -0.05) is 11.6 Å². The maximum Gasteiger partial charge on any atom is 0.306 e. The van der Waals surface area contributed by atoms with Crippen LogP contribution in [0.1, 0.15) is 5.56 Å². The predicted octanol–water partition coefficient (Wildman–Crippen LogP) is 2.30. The first-order valence-electron chi connectivity index (χ1n) is 3.11. The minimum Gasteiger partial charge on any atom is -0.243 e. The Balaban J connectivity index is 3.08. The molecule has 0 saturated carbocycles. The van der Waals surface area contributed by atoms with Crippen LogP contribution in [0.15, 0.2) is 16.7 Å². The SMILES string of the molecule is O=S(=O)(F)Cc1cc(Br)cnc1Cl. The number of rotatable bonds is 2. The largest absolute Gasteiger partial charge is 0.306 e. The second-order valence-corrected chi connectivity index (χ2v) is 4.93. The number of halogens is 3. The highest BCUT2D eigenvalue weighted by Gasteiger charge is 2.12. The van der Waals surface area contributed by atoms with E-state index in [0.717, 1.165) is 0 Å². The van der Waals surface area contributed by atoms with Crippen molar-refractivity contribution in [1.82, 2.24) is 4.98 Å². The molecule has 7 heteroatoms. The molecule has 0 radical (unpaired) electrons. The molecule has 0 bridgehead atoms. The molecule has 1 aromatic rings. The summed E-state index contributed by atoms with van der Waals surface area (Å²) in [6.07, 6.45) is 1.40. The van der Waals surface area contributed by atoms with Crippen molar-refractivity contribution in [1.29, 1.82) is 0 Å². The normalized spacial score (nSPS) is 11.6. The molecule has 0 fully saturated rings. The van der Waals surface area contributed by atoms with Gasteiger partial charge >= 0.3 is 10.2 Å². The molecule has 0 unspecified atom stereocenters. The van der Waals surface area contributed by atoms with Crippen molar-refractivity contribution >= 4 is 37.8 Å². The van der Waals surface area contributed by atoms with Crippen LogP contribution in [0.4, 0.5) is 3.89 Å². The first kappa shape index (κ1) is 10.9. The zero-order chi connectivity index (χ0) is 10.1. The molecule has 1 heterocycles. The Morgan fingerprint density at radius 1 is 1.62 bits per heavy atom. The lowest BCUT2D eigenvalue weighted by Gasteiger charge is -1.99. The van der Waals surface area contributed by atoms with E-state index in [1.807, 2.05) is 0 Å². The molecule has 1 rings (SSSR count). The molecule has 0 aromatic carbocycles. The van der Waals surface area contributed by atoms with Crippen molar-refractivity contribution in [2.24, 2.45) is 0 Å². The third kappa shape index (κ3) is 3.58. The first-order chi connectivity index (χ1) is 5.88. The molecule has 0 spiro atoms. The Morgan fingerprint density at radius 2 is 2.23 bits per heavy atom. The van der Waals surface area contributed by atoms with Crippen LogP contribution in [0, 0.1) is 0 Å². The van der Waals surface area contributed by atoms with Crippen LogP contribution >= 0.6 is 27.5 Å². The van der Waals surface area contributed by atoms with Gasteiger partial charge in [0.15, 0.2) is 0 Å². The zero-order valence-corrected chi connectivity index (χ0v) is 9.33. The Hall–Kier alpha value is -0.200. The summed E-state index contributed by atoms with van der Waals surface area (Å²) in [5.41, 5.74) is 0.138. The van der Waals surface area contributed by atoms with Crippen molar-refractivity contribution < 1.29 is 12.3 Å². The van der Waals surface area contributed by atoms with Crippen LogP contribution in [0.2, 0.25) is 5.15 Å². The van der Waals surface area contributed by atoms with Gasteiger partial charge in [-0.05, 0) is 22.0 Å². The molecule has 1 aromatic heterocycles. The lowest BCUT2D eigenvalue weighted by molar-refractivity contribution is 0.551. The molecule has 0 saturated heterocycles. The summed E-state index contributed by atoms with van der Waals surface area (Å²) in [5, 5.41) is -0.00979. The van der Waals surface area contributed by atoms with Gasteiger partial charge in [-0.3, -0.25) is 0 Å². The quantitative estimate of drug-likeness (QED) is 0.620. The highest BCUT2D eigenvalue weighted by atomic mass is 79.9. The number of aromatic nitrogens is 1. The van der Waals surface area contributed by atoms with Gasteiger partial charge in [0.1, 0.15) is 10.9 Å². The van der Waals surface area contributed by atoms with Crippen LogP contribution in [0.5, 0.6) is 0 Å². The lowest BCUT2D eigenvalue weighted by atomic mass is 10.3. The van der Waals surface area contributed by atoms with Gasteiger partial charge in [-0.2, -0.15) is 8.42 Å². The van der Waals surface area contributed by atoms with Crippen LogP contribution in [0.3, 0.4) is 0 Å². The maximum absolute atomic E-state index is 12.3. The van der Waals surface area contributed by atoms with E-state index in [0.29, 0.717) is 4.47 Å². The summed E-state index contributed by atoms with van der Waals surface area (Å²) in [6.45, 7) is 0. The minimum atomic E-state index is -4.56. The standard InChI is InChI=1S/C6H4BrClFNO2S/c7-5-1-4(3-13(9,11)12)6(8)10-2-5/h1-2H,3H2. The van der Waals surface area contributed by atoms with Crippen LogP contribution in [0.25, 0.3) is 0 Å². The summed E-state index contributed by atoms with van der Waals surface area (Å²) in [6, 6.07) is 1.41. The monoisotopic (exact) mass is 287 g/mol. The second kappa shape index (κ2) is 3.89. The molecular formula is C6H4BrClFNO2S. The van der Waals surface area contributed by atoms with Gasteiger partial charge in [0, 0.05) is 16.2 Å². The first-order valence-corrected chi connectivity index (χ1v) is 5.83. The van der Waals surface area contributed by atoms with Crippen molar-refractivity contribution in [2.45, 2.75) is 5.75 Å². The zero-order valence-electron chi connectivity index (χ0n) is 6.17. The Labute approximate surface area is 88.3 Å². The fraction of sp³-hybridized carbons (Fsp3) is 0.167. The van der Waals surface area contributed by atoms with Gasteiger partial charge in [0.2, 0.25) is 0 Å². The van der Waals surface area contributed by atoms with E-state index < -0.39 is 16.0 Å². The molecule has 72 valence electrons. The Bertz CT molecular complexity index is 423. The fourth-order valence-electron chi connectivity index (χ4n) is 0.751. The molecule has 0 atom stereocenters. The highest BCUT2D eigenvalue weighted by molar-refractivity contribution is 9.10. The number of pyridine rings is 1. The molecule has 13 heavy (non-hydrogen) atoms. The van der Waals surface area contributed by atoms with Crippen molar-refractivity contribution in [3.8, 4) is 0 Å². The van der Waals surface area contributed by atoms with E-state index in [1.54, 1.807) is 0 Å². The smallest absolute Gasteiger partial charge is 0.243 e. The summed E-state index contributed by atoms with van der Waals surface area (Å²) in [5.74, 6) is -0.752. The summed E-state index contributed by atoms with van der Waals surface area (Å²) in [4.78, 5) is 3.65. The maximum atomic E-state index is 12.3. The van der Waals surface area contributed by atoms with E-state index in [2.05, 4.69) is 20.9 Å². The number of nitrogens with zero attached hydrogens (tertiary/aromatic N) is 1. The van der Waals surface area contributed by atoms with Gasteiger partial charge in [0.25, 0.3) is 0 Å². The lowest BCUT2D eigenvalue weighted by Crippen LogP contribution is -1.98. The van der Waals surface area contributed by atoms with Crippen molar-refractivity contribution in [3.63, 3.8) is 0 Å². The molecule has 3 nitrogen and oxygen atoms in total. The van der Waals surface area contributed by atoms with Crippen LogP contribution < -0.4 is 0 Å². The van der Waals surface area contributed by atoms with Gasteiger partial charge in [-0.15, -0.1) is 3.89 Å². The van der Waals surface area contributed by atoms with E-state index in [-0.39, 0.29) is 10.7 Å². The fourth-order valence-corrected chi connectivity index (χ4v) is 1.97. The van der Waals surface area contributed by atoms with Gasteiger partial charge in [0.05, 0.1) is 0 Å². The second-order valence-electron chi connectivity index (χ2n) is 2.29. The minimum absolute atomic E-state index is 0.00979. The van der Waals surface area contributed by atoms with Crippen molar-refractivity contribution in [3.05, 3.63) is 27.5 Å². The van der Waals surface area contributed by atoms with E-state index >= 15 is 0 Å². The molecule has 0 amide bonds. The average molecular weight is 289 g/mol. The summed E-state index contributed by atoms with van der Waals surface area (Å²) >= 11 is 8.60. The molecular weight excluding hydrogens is 284 g/mol. The molecule has 0 aliphatic heterocycles. The summed E-state index contributed by atoms with van der Waals surface area (Å²) < 4.78 is 33.4. The van der Waals surface area contributed by atoms with Crippen LogP contribution in [-0.4, -0.2) is 13.4 Å². The molecule has 0 N–H and O–H groups in total. The third-order valence-corrected chi connectivity index (χ3v) is 2.64. The molecule has 0 aliphatic rings. The Kier molecular flexibility index (Phi) is 3.26. The number of hydrogen-bond acceptors (Lipinski definition) is 3. The predicted molar refractivity (Wildman–Crippen MR) is 50.7 cm³/mol. The van der Waals surface area contributed by atoms with E-state index in [9.17, 15) is 12.3 Å². The summed E-state index contributed by atoms with van der Waals surface area (Å²) in [7, 11) is -4.56. The molecule has 0 aliphatic carbocycles. The average Bonchev–Trinajstić information content (AvgIpc) is 1.94. The van der Waals surface area contributed by atoms with Gasteiger partial charge in [-0.25, -0.2) is 4.98 Å². The topological polar surface area (TPSA) is 47.0 Å². The van der Waals surface area contributed by atoms with Gasteiger partial charge < -0.3 is 0 Å². The number of hydrogen-bond donors (Lipinski definition) is 0. The van der Waals surface area contributed by atoms with E-state index in [1.165, 1.54) is 12.3 Å². The van der Waals surface area contributed by atoms with Crippen LogP contribution in [-0.2, 0) is 16.0 Å². The van der Waals surface area contributed by atoms with Crippen molar-refractivity contribution in [2.75, 3.05) is 0 Å². The van der Waals surface area contributed by atoms with E-state index in [4.69, 9.17) is 11.6 Å². The third-order valence-electron chi connectivity index (χ3n) is 1.21. The Morgan fingerprint density at radius 3 is 2.77 bits per heavy atom.